The summed E-state index contributed by atoms with van der Waals surface area (Å²) in [5.41, 5.74) is 1.11. The highest BCUT2D eigenvalue weighted by molar-refractivity contribution is 6.48. The van der Waals surface area contributed by atoms with E-state index in [2.05, 4.69) is 13.1 Å². The molecule has 3 heteroatoms. The van der Waals surface area contributed by atoms with Crippen molar-refractivity contribution in [3.63, 3.8) is 0 Å². The van der Waals surface area contributed by atoms with E-state index in [9.17, 15) is 0 Å². The summed E-state index contributed by atoms with van der Waals surface area (Å²) in [4.78, 5) is 0. The lowest BCUT2D eigenvalue weighted by molar-refractivity contribution is 0.375. The summed E-state index contributed by atoms with van der Waals surface area (Å²) < 4.78 is 5.48. The van der Waals surface area contributed by atoms with Crippen molar-refractivity contribution in [2.45, 2.75) is 13.1 Å². The summed E-state index contributed by atoms with van der Waals surface area (Å²) in [6.07, 6.45) is 4.04. The zero-order valence-corrected chi connectivity index (χ0v) is 10.2. The molecule has 0 saturated carbocycles. The van der Waals surface area contributed by atoms with Crippen LogP contribution in [-0.2, 0) is 4.43 Å². The summed E-state index contributed by atoms with van der Waals surface area (Å²) in [7, 11) is -0.574. The molecule has 0 N–H and O–H groups in total. The van der Waals surface area contributed by atoms with Crippen LogP contribution < -0.4 is 0 Å². The molecule has 0 spiro atoms. The maximum Gasteiger partial charge on any atom is 0.205 e. The quantitative estimate of drug-likeness (QED) is 0.712. The molecular formula is C11H14ClOSi. The molecule has 1 aromatic rings. The topological polar surface area (TPSA) is 9.23 Å². The molecule has 0 heterocycles. The molecule has 0 saturated heterocycles. The molecule has 0 bridgehead atoms. The highest BCUT2D eigenvalue weighted by Crippen LogP contribution is 2.11. The molecule has 0 unspecified atom stereocenters. The van der Waals surface area contributed by atoms with Gasteiger partial charge in [0, 0.05) is 5.02 Å². The van der Waals surface area contributed by atoms with Crippen LogP contribution in [0.1, 0.15) is 5.56 Å². The molecule has 0 aliphatic heterocycles. The van der Waals surface area contributed by atoms with Gasteiger partial charge in [-0.1, -0.05) is 35.9 Å². The molecule has 14 heavy (non-hydrogen) atoms. The zero-order chi connectivity index (χ0) is 10.4. The van der Waals surface area contributed by atoms with Gasteiger partial charge in [0.1, 0.15) is 0 Å². The maximum absolute atomic E-state index is 5.85. The highest BCUT2D eigenvalue weighted by atomic mass is 35.5. The molecule has 1 rings (SSSR count). The van der Waals surface area contributed by atoms with Crippen LogP contribution in [0.5, 0.6) is 0 Å². The molecule has 1 aromatic carbocycles. The van der Waals surface area contributed by atoms with Crippen molar-refractivity contribution in [3.05, 3.63) is 40.9 Å². The average molecular weight is 226 g/mol. The second kappa shape index (κ2) is 6.01. The molecule has 0 aliphatic rings. The molecule has 0 atom stereocenters. The third-order valence-electron chi connectivity index (χ3n) is 1.63. The van der Waals surface area contributed by atoms with Crippen molar-refractivity contribution in [2.75, 3.05) is 6.61 Å². The van der Waals surface area contributed by atoms with E-state index in [-0.39, 0.29) is 0 Å². The lowest BCUT2D eigenvalue weighted by Gasteiger charge is -2.00. The van der Waals surface area contributed by atoms with Crippen LogP contribution in [-0.4, -0.2) is 15.6 Å². The number of benzene rings is 1. The summed E-state index contributed by atoms with van der Waals surface area (Å²) in [5.74, 6) is 0. The van der Waals surface area contributed by atoms with Crippen LogP contribution in [0, 0.1) is 0 Å². The first-order valence-corrected chi connectivity index (χ1v) is 7.32. The van der Waals surface area contributed by atoms with Crippen molar-refractivity contribution in [2.24, 2.45) is 0 Å². The SMILES string of the molecule is C[Si](C)OCC=Cc1cccc(Cl)c1. The molecule has 1 nitrogen and oxygen atoms in total. The van der Waals surface area contributed by atoms with Crippen LogP contribution in [0.2, 0.25) is 18.1 Å². The molecular weight excluding hydrogens is 212 g/mol. The van der Waals surface area contributed by atoms with E-state index in [1.807, 2.05) is 36.4 Å². The molecule has 75 valence electrons. The van der Waals surface area contributed by atoms with Gasteiger partial charge in [0.25, 0.3) is 0 Å². The van der Waals surface area contributed by atoms with Crippen LogP contribution in [0.4, 0.5) is 0 Å². The van der Waals surface area contributed by atoms with Crippen LogP contribution in [0.3, 0.4) is 0 Å². The molecule has 1 radical (unpaired) electrons. The van der Waals surface area contributed by atoms with Gasteiger partial charge in [-0.3, -0.25) is 0 Å². The first kappa shape index (κ1) is 11.5. The lowest BCUT2D eigenvalue weighted by Crippen LogP contribution is -2.06. The third kappa shape index (κ3) is 4.60. The summed E-state index contributed by atoms with van der Waals surface area (Å²) in [5, 5.41) is 0.767. The Balaban J connectivity index is 2.44. The highest BCUT2D eigenvalue weighted by Gasteiger charge is 1.92. The van der Waals surface area contributed by atoms with E-state index in [4.69, 9.17) is 16.0 Å². The van der Waals surface area contributed by atoms with E-state index in [1.165, 1.54) is 0 Å². The summed E-state index contributed by atoms with van der Waals surface area (Å²) >= 11 is 5.85. The van der Waals surface area contributed by atoms with Crippen molar-refractivity contribution in [1.82, 2.24) is 0 Å². The average Bonchev–Trinajstić information content (AvgIpc) is 2.12. The lowest BCUT2D eigenvalue weighted by atomic mass is 10.2. The van der Waals surface area contributed by atoms with Gasteiger partial charge in [-0.2, -0.15) is 0 Å². The second-order valence-electron chi connectivity index (χ2n) is 3.18. The Morgan fingerprint density at radius 3 is 2.86 bits per heavy atom. The van der Waals surface area contributed by atoms with Crippen LogP contribution >= 0.6 is 11.6 Å². The third-order valence-corrected chi connectivity index (χ3v) is 2.61. The number of halogens is 1. The fraction of sp³-hybridized carbons (Fsp3) is 0.273. The predicted molar refractivity (Wildman–Crippen MR) is 63.9 cm³/mol. The van der Waals surface area contributed by atoms with Gasteiger partial charge >= 0.3 is 0 Å². The Bertz CT molecular complexity index is 310. The van der Waals surface area contributed by atoms with Crippen LogP contribution in [0.15, 0.2) is 30.3 Å². The van der Waals surface area contributed by atoms with Crippen molar-refractivity contribution < 1.29 is 4.43 Å². The Kier molecular flexibility index (Phi) is 4.94. The minimum absolute atomic E-state index is 0.574. The van der Waals surface area contributed by atoms with Gasteiger partial charge in [0.2, 0.25) is 9.04 Å². The number of hydrogen-bond acceptors (Lipinski definition) is 1. The fourth-order valence-electron chi connectivity index (χ4n) is 1.01. The molecule has 0 aliphatic carbocycles. The summed E-state index contributed by atoms with van der Waals surface area (Å²) in [6, 6.07) is 7.76. The van der Waals surface area contributed by atoms with Crippen molar-refractivity contribution >= 4 is 26.7 Å². The number of hydrogen-bond donors (Lipinski definition) is 0. The smallest absolute Gasteiger partial charge is 0.205 e. The first-order valence-electron chi connectivity index (χ1n) is 4.53. The van der Waals surface area contributed by atoms with Gasteiger partial charge in [0.15, 0.2) is 0 Å². The van der Waals surface area contributed by atoms with Crippen LogP contribution in [0.25, 0.3) is 6.08 Å². The fourth-order valence-corrected chi connectivity index (χ4v) is 1.64. The molecule has 0 aromatic heterocycles. The monoisotopic (exact) mass is 225 g/mol. The summed E-state index contributed by atoms with van der Waals surface area (Å²) in [6.45, 7) is 4.93. The molecule has 0 amide bonds. The zero-order valence-electron chi connectivity index (χ0n) is 8.46. The van der Waals surface area contributed by atoms with E-state index < -0.39 is 9.04 Å². The number of rotatable bonds is 4. The Hall–Kier alpha value is -0.573. The van der Waals surface area contributed by atoms with E-state index >= 15 is 0 Å². The minimum Gasteiger partial charge on any atom is -0.414 e. The first-order chi connectivity index (χ1) is 6.68. The van der Waals surface area contributed by atoms with Gasteiger partial charge in [-0.15, -0.1) is 0 Å². The standard InChI is InChI=1S/C11H14ClOSi/c1-14(2)13-8-4-6-10-5-3-7-11(12)9-10/h3-7,9H,8H2,1-2H3. The Morgan fingerprint density at radius 1 is 1.43 bits per heavy atom. The molecule has 0 fully saturated rings. The Labute approximate surface area is 92.1 Å². The van der Waals surface area contributed by atoms with E-state index in [0.717, 1.165) is 10.6 Å². The van der Waals surface area contributed by atoms with Gasteiger partial charge in [0.05, 0.1) is 6.61 Å². The minimum atomic E-state index is -0.574. The van der Waals surface area contributed by atoms with Crippen molar-refractivity contribution in [1.29, 1.82) is 0 Å². The van der Waals surface area contributed by atoms with Gasteiger partial charge < -0.3 is 4.43 Å². The van der Waals surface area contributed by atoms with Gasteiger partial charge in [-0.05, 0) is 30.8 Å². The van der Waals surface area contributed by atoms with E-state index in [1.54, 1.807) is 0 Å². The normalized spacial score (nSPS) is 11.4. The van der Waals surface area contributed by atoms with Gasteiger partial charge in [-0.25, -0.2) is 0 Å². The van der Waals surface area contributed by atoms with Crippen molar-refractivity contribution in [3.8, 4) is 0 Å². The second-order valence-corrected chi connectivity index (χ2v) is 5.72. The van der Waals surface area contributed by atoms with E-state index in [0.29, 0.717) is 6.61 Å². The maximum atomic E-state index is 5.85. The predicted octanol–water partition coefficient (Wildman–Crippen LogP) is 3.62. The Morgan fingerprint density at radius 2 is 2.21 bits per heavy atom. The largest absolute Gasteiger partial charge is 0.414 e.